The minimum atomic E-state index is -0.292. The average Bonchev–Trinajstić information content (AvgIpc) is 2.89. The van der Waals surface area contributed by atoms with E-state index in [9.17, 15) is 9.59 Å². The lowest BCUT2D eigenvalue weighted by molar-refractivity contribution is -0.140. The second-order valence-electron chi connectivity index (χ2n) is 6.65. The minimum absolute atomic E-state index is 0.0127. The van der Waals surface area contributed by atoms with E-state index in [4.69, 9.17) is 4.74 Å². The van der Waals surface area contributed by atoms with Crippen LogP contribution in [0.1, 0.15) is 46.0 Å². The van der Waals surface area contributed by atoms with E-state index in [1.807, 2.05) is 4.90 Å². The van der Waals surface area contributed by atoms with Crippen molar-refractivity contribution in [3.8, 4) is 0 Å². The molecule has 2 aliphatic rings. The molecule has 0 spiro atoms. The lowest BCUT2D eigenvalue weighted by Gasteiger charge is -2.30. The molecule has 0 aromatic heterocycles. The molecule has 0 aliphatic carbocycles. The van der Waals surface area contributed by atoms with Crippen LogP contribution in [0.5, 0.6) is 0 Å². The van der Waals surface area contributed by atoms with Crippen molar-refractivity contribution in [1.82, 2.24) is 10.2 Å². The van der Waals surface area contributed by atoms with Gasteiger partial charge in [-0.3, -0.25) is 9.59 Å². The molecule has 2 amide bonds. The molecule has 0 aromatic rings. The zero-order chi connectivity index (χ0) is 15.2. The zero-order valence-corrected chi connectivity index (χ0v) is 13.3. The molecule has 5 nitrogen and oxygen atoms in total. The van der Waals surface area contributed by atoms with Crippen LogP contribution >= 0.6 is 0 Å². The summed E-state index contributed by atoms with van der Waals surface area (Å²) in [6.45, 7) is 7.15. The average molecular weight is 296 g/mol. The van der Waals surface area contributed by atoms with Gasteiger partial charge in [0.2, 0.25) is 11.8 Å². The Labute approximate surface area is 127 Å². The van der Waals surface area contributed by atoms with Crippen molar-refractivity contribution in [3.63, 3.8) is 0 Å². The Kier molecular flexibility index (Phi) is 6.03. The van der Waals surface area contributed by atoms with E-state index < -0.39 is 0 Å². The summed E-state index contributed by atoms with van der Waals surface area (Å²) in [6, 6.07) is -0.292. The van der Waals surface area contributed by atoms with E-state index >= 15 is 0 Å². The topological polar surface area (TPSA) is 58.6 Å². The van der Waals surface area contributed by atoms with Gasteiger partial charge in [-0.1, -0.05) is 13.8 Å². The summed E-state index contributed by atoms with van der Waals surface area (Å²) in [7, 11) is 0. The summed E-state index contributed by atoms with van der Waals surface area (Å²) in [4.78, 5) is 26.6. The molecule has 2 heterocycles. The van der Waals surface area contributed by atoms with Crippen molar-refractivity contribution < 1.29 is 14.3 Å². The highest BCUT2D eigenvalue weighted by molar-refractivity contribution is 5.88. The van der Waals surface area contributed by atoms with Crippen molar-refractivity contribution in [2.24, 2.45) is 11.8 Å². The standard InChI is InChI=1S/C16H28N2O3/c1-12(2)10-14-16(20)17-7-3-8-18(14)15(19)5-4-13-6-9-21-11-13/h12-14H,3-11H2,1-2H3,(H,17,20). The van der Waals surface area contributed by atoms with E-state index in [1.165, 1.54) is 0 Å². The maximum atomic E-state index is 12.6. The first kappa shape index (κ1) is 16.3. The number of carbonyl (C=O) groups is 2. The molecule has 2 saturated heterocycles. The maximum Gasteiger partial charge on any atom is 0.242 e. The van der Waals surface area contributed by atoms with Crippen LogP contribution in [0.2, 0.25) is 0 Å². The molecule has 21 heavy (non-hydrogen) atoms. The lowest BCUT2D eigenvalue weighted by Crippen LogP contribution is -2.47. The fraction of sp³-hybridized carbons (Fsp3) is 0.875. The van der Waals surface area contributed by atoms with Gasteiger partial charge in [-0.25, -0.2) is 0 Å². The summed E-state index contributed by atoms with van der Waals surface area (Å²) in [5, 5.41) is 2.93. The molecule has 0 bridgehead atoms. The summed E-state index contributed by atoms with van der Waals surface area (Å²) >= 11 is 0. The van der Waals surface area contributed by atoms with Crippen molar-refractivity contribution in [3.05, 3.63) is 0 Å². The number of nitrogens with one attached hydrogen (secondary N) is 1. The van der Waals surface area contributed by atoms with Crippen molar-refractivity contribution in [2.45, 2.75) is 52.0 Å². The second-order valence-corrected chi connectivity index (χ2v) is 6.65. The van der Waals surface area contributed by atoms with Gasteiger partial charge in [0, 0.05) is 32.7 Å². The molecule has 5 heteroatoms. The summed E-state index contributed by atoms with van der Waals surface area (Å²) in [6.07, 6.45) is 4.06. The number of hydrogen-bond donors (Lipinski definition) is 1. The first-order valence-electron chi connectivity index (χ1n) is 8.23. The number of nitrogens with zero attached hydrogens (tertiary/aromatic N) is 1. The number of ether oxygens (including phenoxy) is 1. The van der Waals surface area contributed by atoms with E-state index in [-0.39, 0.29) is 17.9 Å². The first-order valence-corrected chi connectivity index (χ1v) is 8.23. The summed E-state index contributed by atoms with van der Waals surface area (Å²) < 4.78 is 5.36. The molecule has 2 unspecified atom stereocenters. The fourth-order valence-electron chi connectivity index (χ4n) is 3.14. The molecule has 2 atom stereocenters. The van der Waals surface area contributed by atoms with Crippen LogP contribution in [-0.2, 0) is 14.3 Å². The van der Waals surface area contributed by atoms with Crippen LogP contribution in [0.3, 0.4) is 0 Å². The quantitative estimate of drug-likeness (QED) is 0.837. The van der Waals surface area contributed by atoms with Crippen LogP contribution < -0.4 is 5.32 Å². The molecule has 0 aromatic carbocycles. The molecule has 2 rings (SSSR count). The molecule has 2 aliphatic heterocycles. The van der Waals surface area contributed by atoms with E-state index in [2.05, 4.69) is 19.2 Å². The van der Waals surface area contributed by atoms with Crippen LogP contribution in [0, 0.1) is 11.8 Å². The number of amides is 2. The fourth-order valence-corrected chi connectivity index (χ4v) is 3.14. The molecule has 0 radical (unpaired) electrons. The number of rotatable bonds is 5. The van der Waals surface area contributed by atoms with E-state index in [0.717, 1.165) is 38.9 Å². The SMILES string of the molecule is CC(C)CC1C(=O)NCCCN1C(=O)CCC1CCOC1. The predicted molar refractivity (Wildman–Crippen MR) is 80.7 cm³/mol. The Morgan fingerprint density at radius 2 is 2.29 bits per heavy atom. The predicted octanol–water partition coefficient (Wildman–Crippen LogP) is 1.57. The second kappa shape index (κ2) is 7.78. The van der Waals surface area contributed by atoms with Gasteiger partial charge < -0.3 is 15.0 Å². The van der Waals surface area contributed by atoms with Crippen molar-refractivity contribution >= 4 is 11.8 Å². The monoisotopic (exact) mass is 296 g/mol. The zero-order valence-electron chi connectivity index (χ0n) is 13.3. The Hall–Kier alpha value is -1.10. The highest BCUT2D eigenvalue weighted by Gasteiger charge is 2.32. The van der Waals surface area contributed by atoms with Gasteiger partial charge in [0.25, 0.3) is 0 Å². The van der Waals surface area contributed by atoms with Crippen molar-refractivity contribution in [2.75, 3.05) is 26.3 Å². The van der Waals surface area contributed by atoms with Gasteiger partial charge in [-0.15, -0.1) is 0 Å². The Bertz CT molecular complexity index is 365. The molecule has 2 fully saturated rings. The number of carbonyl (C=O) groups excluding carboxylic acids is 2. The number of hydrogen-bond acceptors (Lipinski definition) is 3. The molecular formula is C16H28N2O3. The van der Waals surface area contributed by atoms with Crippen LogP contribution in [0.15, 0.2) is 0 Å². The van der Waals surface area contributed by atoms with Gasteiger partial charge in [0.05, 0.1) is 0 Å². The summed E-state index contributed by atoms with van der Waals surface area (Å²) in [5.74, 6) is 1.05. The molecular weight excluding hydrogens is 268 g/mol. The Morgan fingerprint density at radius 3 is 2.95 bits per heavy atom. The highest BCUT2D eigenvalue weighted by Crippen LogP contribution is 2.21. The third-order valence-electron chi connectivity index (χ3n) is 4.36. The van der Waals surface area contributed by atoms with E-state index in [0.29, 0.717) is 31.3 Å². The van der Waals surface area contributed by atoms with Gasteiger partial charge in [0.15, 0.2) is 0 Å². The first-order chi connectivity index (χ1) is 10.1. The highest BCUT2D eigenvalue weighted by atomic mass is 16.5. The molecule has 120 valence electrons. The summed E-state index contributed by atoms with van der Waals surface area (Å²) in [5.41, 5.74) is 0. The van der Waals surface area contributed by atoms with Crippen LogP contribution in [0.4, 0.5) is 0 Å². The minimum Gasteiger partial charge on any atom is -0.381 e. The Balaban J connectivity index is 1.94. The maximum absolute atomic E-state index is 12.6. The Morgan fingerprint density at radius 1 is 1.48 bits per heavy atom. The molecule has 0 saturated carbocycles. The smallest absolute Gasteiger partial charge is 0.242 e. The van der Waals surface area contributed by atoms with Crippen molar-refractivity contribution in [1.29, 1.82) is 0 Å². The van der Waals surface area contributed by atoms with Gasteiger partial charge in [-0.2, -0.15) is 0 Å². The largest absolute Gasteiger partial charge is 0.381 e. The third-order valence-corrected chi connectivity index (χ3v) is 4.36. The van der Waals surface area contributed by atoms with Gasteiger partial charge in [-0.05, 0) is 37.5 Å². The third kappa shape index (κ3) is 4.70. The van der Waals surface area contributed by atoms with Gasteiger partial charge >= 0.3 is 0 Å². The van der Waals surface area contributed by atoms with Crippen LogP contribution in [0.25, 0.3) is 0 Å². The molecule has 1 N–H and O–H groups in total. The van der Waals surface area contributed by atoms with Crippen LogP contribution in [-0.4, -0.2) is 49.1 Å². The van der Waals surface area contributed by atoms with Gasteiger partial charge in [0.1, 0.15) is 6.04 Å². The van der Waals surface area contributed by atoms with E-state index in [1.54, 1.807) is 0 Å². The lowest BCUT2D eigenvalue weighted by atomic mass is 9.99. The normalized spacial score (nSPS) is 26.8.